The fraction of sp³-hybridized carbons (Fsp3) is 0.857. The maximum Gasteiger partial charge on any atom is 0.303 e. The van der Waals surface area contributed by atoms with Gasteiger partial charge in [0.05, 0.1) is 12.2 Å². The number of carboxylic acid groups (broad SMARTS) is 1. The van der Waals surface area contributed by atoms with Crippen LogP contribution in [-0.4, -0.2) is 43.5 Å². The molecule has 0 aromatic carbocycles. The highest BCUT2D eigenvalue weighted by molar-refractivity contribution is 7.89. The van der Waals surface area contributed by atoms with E-state index >= 15 is 0 Å². The predicted octanol–water partition coefficient (Wildman–Crippen LogP) is -0.991. The fourth-order valence-corrected chi connectivity index (χ4v) is 1.49. The summed E-state index contributed by atoms with van der Waals surface area (Å²) in [6.07, 6.45) is -0.247. The molecule has 1 unspecified atom stereocenters. The second kappa shape index (κ2) is 5.94. The molecule has 0 saturated heterocycles. The van der Waals surface area contributed by atoms with Crippen LogP contribution in [0.3, 0.4) is 0 Å². The minimum Gasteiger partial charge on any atom is -0.481 e. The molecule has 7 heteroatoms. The maximum absolute atomic E-state index is 11.0. The van der Waals surface area contributed by atoms with Gasteiger partial charge in [-0.15, -0.1) is 0 Å². The zero-order valence-electron chi connectivity index (χ0n) is 7.93. The average molecular weight is 225 g/mol. The van der Waals surface area contributed by atoms with E-state index < -0.39 is 21.9 Å². The van der Waals surface area contributed by atoms with Gasteiger partial charge in [-0.3, -0.25) is 4.79 Å². The van der Waals surface area contributed by atoms with Crippen molar-refractivity contribution in [3.8, 4) is 0 Å². The molecule has 1 atom stereocenters. The third kappa shape index (κ3) is 5.90. The third-order valence-corrected chi connectivity index (χ3v) is 3.06. The van der Waals surface area contributed by atoms with Crippen molar-refractivity contribution >= 4 is 16.0 Å². The summed E-state index contributed by atoms with van der Waals surface area (Å²) in [5, 5.41) is 17.2. The van der Waals surface area contributed by atoms with Gasteiger partial charge in [0.15, 0.2) is 0 Å². The Morgan fingerprint density at radius 3 is 2.43 bits per heavy atom. The smallest absolute Gasteiger partial charge is 0.303 e. The van der Waals surface area contributed by atoms with E-state index in [9.17, 15) is 13.2 Å². The Hall–Kier alpha value is -0.660. The summed E-state index contributed by atoms with van der Waals surface area (Å²) >= 11 is 0. The van der Waals surface area contributed by atoms with Gasteiger partial charge < -0.3 is 10.2 Å². The number of aliphatic carboxylic acids is 1. The quantitative estimate of drug-likeness (QED) is 0.516. The number of hydrogen-bond donors (Lipinski definition) is 3. The van der Waals surface area contributed by atoms with Crippen LogP contribution in [0.25, 0.3) is 0 Å². The molecule has 0 aromatic rings. The van der Waals surface area contributed by atoms with Crippen LogP contribution in [0.1, 0.15) is 13.3 Å². The lowest BCUT2D eigenvalue weighted by Gasteiger charge is -2.12. The second-order valence-electron chi connectivity index (χ2n) is 2.90. The molecule has 0 bridgehead atoms. The highest BCUT2D eigenvalue weighted by Crippen LogP contribution is 2.01. The number of sulfonamides is 1. The monoisotopic (exact) mass is 225 g/mol. The number of rotatable bonds is 7. The van der Waals surface area contributed by atoms with Crippen molar-refractivity contribution in [1.82, 2.24) is 4.72 Å². The van der Waals surface area contributed by atoms with Crippen LogP contribution in [0.2, 0.25) is 0 Å². The van der Waals surface area contributed by atoms with Gasteiger partial charge in [0.1, 0.15) is 0 Å². The van der Waals surface area contributed by atoms with Crippen LogP contribution in [0.15, 0.2) is 0 Å². The predicted molar refractivity (Wildman–Crippen MR) is 50.3 cm³/mol. The first-order chi connectivity index (χ1) is 6.41. The Morgan fingerprint density at radius 2 is 2.07 bits per heavy atom. The van der Waals surface area contributed by atoms with Crippen LogP contribution in [0, 0.1) is 5.92 Å². The van der Waals surface area contributed by atoms with Crippen LogP contribution < -0.4 is 4.72 Å². The van der Waals surface area contributed by atoms with E-state index in [2.05, 4.69) is 4.72 Å². The van der Waals surface area contributed by atoms with Gasteiger partial charge in [-0.25, -0.2) is 13.1 Å². The Morgan fingerprint density at radius 1 is 1.50 bits per heavy atom. The van der Waals surface area contributed by atoms with Crippen molar-refractivity contribution in [2.75, 3.05) is 18.9 Å². The highest BCUT2D eigenvalue weighted by Gasteiger charge is 2.15. The number of nitrogens with one attached hydrogen (secondary N) is 1. The van der Waals surface area contributed by atoms with Gasteiger partial charge >= 0.3 is 5.97 Å². The van der Waals surface area contributed by atoms with Gasteiger partial charge in [0.25, 0.3) is 0 Å². The Bertz CT molecular complexity index is 274. The van der Waals surface area contributed by atoms with Gasteiger partial charge in [0.2, 0.25) is 10.0 Å². The van der Waals surface area contributed by atoms with E-state index in [4.69, 9.17) is 10.2 Å². The van der Waals surface area contributed by atoms with E-state index in [0.717, 1.165) is 0 Å². The van der Waals surface area contributed by atoms with Crippen molar-refractivity contribution < 1.29 is 23.4 Å². The van der Waals surface area contributed by atoms with E-state index in [1.54, 1.807) is 0 Å². The number of carbonyl (C=O) groups is 1. The number of aliphatic hydroxyl groups excluding tert-OH is 1. The summed E-state index contributed by atoms with van der Waals surface area (Å²) in [7, 11) is -3.31. The van der Waals surface area contributed by atoms with Crippen LogP contribution >= 0.6 is 0 Å². The summed E-state index contributed by atoms with van der Waals surface area (Å²) in [5.74, 6) is -1.69. The molecule has 0 aliphatic carbocycles. The molecular formula is C7H15NO5S. The average Bonchev–Trinajstić information content (AvgIpc) is 2.12. The minimum absolute atomic E-state index is 0.0427. The number of aliphatic hydroxyl groups is 1. The highest BCUT2D eigenvalue weighted by atomic mass is 32.2. The molecule has 0 aliphatic rings. The first kappa shape index (κ1) is 13.3. The standard InChI is InChI=1S/C7H15NO5S/c1-2-14(12,13)8-4-6(5-9)3-7(10)11/h6,8-9H,2-5H2,1H3,(H,10,11). The Kier molecular flexibility index (Phi) is 5.66. The molecule has 0 rings (SSSR count). The minimum atomic E-state index is -3.31. The van der Waals surface area contributed by atoms with E-state index in [1.165, 1.54) is 6.92 Å². The maximum atomic E-state index is 11.0. The van der Waals surface area contributed by atoms with Gasteiger partial charge in [0, 0.05) is 19.1 Å². The molecule has 14 heavy (non-hydrogen) atoms. The van der Waals surface area contributed by atoms with Crippen molar-refractivity contribution in [3.63, 3.8) is 0 Å². The number of carboxylic acids is 1. The Labute approximate surface area is 83.0 Å². The van der Waals surface area contributed by atoms with Crippen LogP contribution in [-0.2, 0) is 14.8 Å². The number of hydrogen-bond acceptors (Lipinski definition) is 4. The van der Waals surface area contributed by atoms with Gasteiger partial charge in [-0.2, -0.15) is 0 Å². The molecule has 3 N–H and O–H groups in total. The lowest BCUT2D eigenvalue weighted by Crippen LogP contribution is -2.32. The largest absolute Gasteiger partial charge is 0.481 e. The van der Waals surface area contributed by atoms with Crippen molar-refractivity contribution in [2.45, 2.75) is 13.3 Å². The van der Waals surface area contributed by atoms with Crippen molar-refractivity contribution in [1.29, 1.82) is 0 Å². The summed E-state index contributed by atoms with van der Waals surface area (Å²) in [4.78, 5) is 10.3. The normalized spacial score (nSPS) is 13.9. The molecule has 0 heterocycles. The first-order valence-corrected chi connectivity index (χ1v) is 5.86. The molecule has 84 valence electrons. The van der Waals surface area contributed by atoms with E-state index in [0.29, 0.717) is 0 Å². The lowest BCUT2D eigenvalue weighted by atomic mass is 10.1. The molecule has 0 amide bonds. The zero-order valence-corrected chi connectivity index (χ0v) is 8.75. The molecular weight excluding hydrogens is 210 g/mol. The molecule has 0 aliphatic heterocycles. The zero-order chi connectivity index (χ0) is 11.2. The summed E-state index contributed by atoms with van der Waals surface area (Å²) in [6.45, 7) is 1.09. The summed E-state index contributed by atoms with van der Waals surface area (Å²) < 4.78 is 24.1. The molecule has 0 spiro atoms. The second-order valence-corrected chi connectivity index (χ2v) is 4.99. The molecule has 6 nitrogen and oxygen atoms in total. The fourth-order valence-electron chi connectivity index (χ4n) is 0.795. The Balaban J connectivity index is 4.02. The molecule has 0 saturated carbocycles. The van der Waals surface area contributed by atoms with Crippen LogP contribution in [0.4, 0.5) is 0 Å². The van der Waals surface area contributed by atoms with Gasteiger partial charge in [-0.1, -0.05) is 0 Å². The van der Waals surface area contributed by atoms with Crippen molar-refractivity contribution in [3.05, 3.63) is 0 Å². The molecule has 0 aromatic heterocycles. The topological polar surface area (TPSA) is 104 Å². The SMILES string of the molecule is CCS(=O)(=O)NCC(CO)CC(=O)O. The summed E-state index contributed by atoms with van der Waals surface area (Å²) in [6, 6.07) is 0. The van der Waals surface area contributed by atoms with E-state index in [-0.39, 0.29) is 25.3 Å². The van der Waals surface area contributed by atoms with Gasteiger partial charge in [-0.05, 0) is 6.92 Å². The molecule has 0 fully saturated rings. The van der Waals surface area contributed by atoms with Crippen molar-refractivity contribution in [2.24, 2.45) is 5.92 Å². The van der Waals surface area contributed by atoms with Crippen LogP contribution in [0.5, 0.6) is 0 Å². The third-order valence-electron chi connectivity index (χ3n) is 1.69. The summed E-state index contributed by atoms with van der Waals surface area (Å²) in [5.41, 5.74) is 0. The lowest BCUT2D eigenvalue weighted by molar-refractivity contribution is -0.138. The first-order valence-electron chi connectivity index (χ1n) is 4.21. The molecule has 0 radical (unpaired) electrons. The van der Waals surface area contributed by atoms with E-state index in [1.807, 2.05) is 0 Å².